The van der Waals surface area contributed by atoms with Crippen LogP contribution in [0.5, 0.6) is 11.5 Å². The average molecular weight is 423 g/mol. The van der Waals surface area contributed by atoms with Crippen LogP contribution in [0.15, 0.2) is 52.4 Å². The van der Waals surface area contributed by atoms with E-state index >= 15 is 0 Å². The number of nitro benzene ring substituents is 1. The number of hydrazone groups is 1. The summed E-state index contributed by atoms with van der Waals surface area (Å²) in [5.74, 6) is 0.383. The van der Waals surface area contributed by atoms with Crippen LogP contribution in [0.4, 0.5) is 11.6 Å². The number of anilines is 1. The summed E-state index contributed by atoms with van der Waals surface area (Å²) in [6, 6.07) is 11.9. The lowest BCUT2D eigenvalue weighted by atomic mass is 10.1. The van der Waals surface area contributed by atoms with Gasteiger partial charge in [0.2, 0.25) is 11.7 Å². The molecule has 0 unspecified atom stereocenters. The lowest BCUT2D eigenvalue weighted by Gasteiger charge is -2.12. The van der Waals surface area contributed by atoms with Gasteiger partial charge < -0.3 is 9.47 Å². The predicted molar refractivity (Wildman–Crippen MR) is 116 cm³/mol. The van der Waals surface area contributed by atoms with E-state index in [1.807, 2.05) is 31.2 Å². The van der Waals surface area contributed by atoms with Gasteiger partial charge in [-0.25, -0.2) is 10.4 Å². The molecule has 0 bridgehead atoms. The van der Waals surface area contributed by atoms with E-state index < -0.39 is 4.92 Å². The molecule has 0 saturated carbocycles. The van der Waals surface area contributed by atoms with Crippen molar-refractivity contribution in [2.75, 3.05) is 12.5 Å². The average Bonchev–Trinajstić information content (AvgIpc) is 2.72. The third kappa shape index (κ3) is 5.66. The van der Waals surface area contributed by atoms with E-state index in [2.05, 4.69) is 20.5 Å². The number of aryl methyl sites for hydroxylation is 2. The van der Waals surface area contributed by atoms with Gasteiger partial charge in [-0.15, -0.1) is 0 Å². The van der Waals surface area contributed by atoms with Crippen LogP contribution in [0.1, 0.15) is 22.4 Å². The van der Waals surface area contributed by atoms with Crippen LogP contribution in [0.2, 0.25) is 0 Å². The second kappa shape index (κ2) is 9.53. The van der Waals surface area contributed by atoms with E-state index in [1.165, 1.54) is 25.5 Å². The summed E-state index contributed by atoms with van der Waals surface area (Å²) in [6.45, 7) is 3.80. The Hall–Kier alpha value is -4.21. The summed E-state index contributed by atoms with van der Waals surface area (Å²) >= 11 is 0. The second-order valence-corrected chi connectivity index (χ2v) is 6.71. The molecule has 1 heterocycles. The fourth-order valence-corrected chi connectivity index (χ4v) is 2.75. The van der Waals surface area contributed by atoms with E-state index in [0.29, 0.717) is 11.3 Å². The zero-order chi connectivity index (χ0) is 22.4. The van der Waals surface area contributed by atoms with E-state index in [0.717, 1.165) is 11.1 Å². The maximum absolute atomic E-state index is 11.6. The summed E-state index contributed by atoms with van der Waals surface area (Å²) in [6.07, 6.45) is 1.35. The normalized spacial score (nSPS) is 10.8. The SMILES string of the molecule is COc1cc(/C=N\Nc2nc(C)cc(=O)[nH]2)cc([N+](=O)[O-])c1OCc1ccc(C)cc1. The molecule has 0 fully saturated rings. The Bertz CT molecular complexity index is 1170. The molecule has 31 heavy (non-hydrogen) atoms. The number of nitrogens with one attached hydrogen (secondary N) is 2. The van der Waals surface area contributed by atoms with Crippen molar-refractivity contribution in [2.24, 2.45) is 5.10 Å². The zero-order valence-corrected chi connectivity index (χ0v) is 17.2. The van der Waals surface area contributed by atoms with Gasteiger partial charge in [-0.3, -0.25) is 19.9 Å². The topological polar surface area (TPSA) is 132 Å². The minimum absolute atomic E-state index is 0.0304. The molecule has 10 heteroatoms. The maximum Gasteiger partial charge on any atom is 0.315 e. The van der Waals surface area contributed by atoms with Crippen molar-refractivity contribution in [1.82, 2.24) is 9.97 Å². The molecule has 0 spiro atoms. The quantitative estimate of drug-likeness (QED) is 0.323. The van der Waals surface area contributed by atoms with Crippen molar-refractivity contribution in [3.05, 3.63) is 85.3 Å². The van der Waals surface area contributed by atoms with Gasteiger partial charge in [0.25, 0.3) is 5.56 Å². The van der Waals surface area contributed by atoms with Crippen molar-refractivity contribution < 1.29 is 14.4 Å². The predicted octanol–water partition coefficient (Wildman–Crippen LogP) is 3.33. The molecular weight excluding hydrogens is 402 g/mol. The Kier molecular flexibility index (Phi) is 6.61. The monoisotopic (exact) mass is 423 g/mol. The molecule has 0 amide bonds. The molecule has 160 valence electrons. The van der Waals surface area contributed by atoms with Crippen LogP contribution < -0.4 is 20.5 Å². The number of hydrogen-bond acceptors (Lipinski definition) is 8. The highest BCUT2D eigenvalue weighted by atomic mass is 16.6. The second-order valence-electron chi connectivity index (χ2n) is 6.71. The number of nitrogens with zero attached hydrogens (tertiary/aromatic N) is 3. The van der Waals surface area contributed by atoms with Crippen molar-refractivity contribution in [3.8, 4) is 11.5 Å². The van der Waals surface area contributed by atoms with Crippen LogP contribution in [-0.2, 0) is 6.61 Å². The number of benzene rings is 2. The fourth-order valence-electron chi connectivity index (χ4n) is 2.75. The minimum Gasteiger partial charge on any atom is -0.493 e. The van der Waals surface area contributed by atoms with Crippen molar-refractivity contribution in [1.29, 1.82) is 0 Å². The van der Waals surface area contributed by atoms with Crippen molar-refractivity contribution in [3.63, 3.8) is 0 Å². The molecule has 0 atom stereocenters. The van der Waals surface area contributed by atoms with Gasteiger partial charge in [-0.1, -0.05) is 29.8 Å². The maximum atomic E-state index is 11.6. The largest absolute Gasteiger partial charge is 0.493 e. The number of aromatic nitrogens is 2. The first kappa shape index (κ1) is 21.5. The Labute approximate surface area is 177 Å². The smallest absolute Gasteiger partial charge is 0.315 e. The molecule has 2 aromatic carbocycles. The Morgan fingerprint density at radius 3 is 2.61 bits per heavy atom. The Morgan fingerprint density at radius 1 is 1.23 bits per heavy atom. The molecule has 2 N–H and O–H groups in total. The molecular formula is C21H21N5O5. The number of rotatable bonds is 8. The van der Waals surface area contributed by atoms with Gasteiger partial charge in [-0.2, -0.15) is 5.10 Å². The lowest BCUT2D eigenvalue weighted by molar-refractivity contribution is -0.386. The van der Waals surface area contributed by atoms with Crippen molar-refractivity contribution >= 4 is 17.9 Å². The van der Waals surface area contributed by atoms with Gasteiger partial charge >= 0.3 is 5.69 Å². The van der Waals surface area contributed by atoms with E-state index in [-0.39, 0.29) is 35.3 Å². The van der Waals surface area contributed by atoms with E-state index in [1.54, 1.807) is 13.0 Å². The van der Waals surface area contributed by atoms with Gasteiger partial charge in [0.1, 0.15) is 6.61 Å². The highest BCUT2D eigenvalue weighted by Crippen LogP contribution is 2.38. The summed E-state index contributed by atoms with van der Waals surface area (Å²) in [7, 11) is 1.40. The number of H-pyrrole nitrogens is 1. The molecule has 10 nitrogen and oxygen atoms in total. The molecule has 0 aliphatic rings. The summed E-state index contributed by atoms with van der Waals surface area (Å²) in [5.41, 5.74) is 4.91. The number of hydrogen-bond donors (Lipinski definition) is 2. The van der Waals surface area contributed by atoms with Gasteiger partial charge in [0, 0.05) is 23.4 Å². The first-order chi connectivity index (χ1) is 14.9. The summed E-state index contributed by atoms with van der Waals surface area (Å²) < 4.78 is 11.0. The van der Waals surface area contributed by atoms with Gasteiger partial charge in [0.05, 0.1) is 18.2 Å². The number of methoxy groups -OCH3 is 1. The van der Waals surface area contributed by atoms with Crippen LogP contribution >= 0.6 is 0 Å². The number of nitro groups is 1. The standard InChI is InChI=1S/C21H21N5O5/c1-13-4-6-15(7-5-13)12-31-20-17(26(28)29)9-16(10-18(20)30-3)11-22-25-21-23-14(2)8-19(27)24-21/h4-11H,12H2,1-3H3,(H2,23,24,25,27)/b22-11-. The third-order valence-corrected chi connectivity index (χ3v) is 4.23. The van der Waals surface area contributed by atoms with Crippen LogP contribution in [0.25, 0.3) is 0 Å². The number of aromatic amines is 1. The van der Waals surface area contributed by atoms with Crippen LogP contribution in [0, 0.1) is 24.0 Å². The highest BCUT2D eigenvalue weighted by molar-refractivity contribution is 5.83. The molecule has 3 rings (SSSR count). The molecule has 0 aliphatic heterocycles. The zero-order valence-electron chi connectivity index (χ0n) is 17.2. The van der Waals surface area contributed by atoms with Gasteiger partial charge in [0.15, 0.2) is 5.75 Å². The van der Waals surface area contributed by atoms with E-state index in [4.69, 9.17) is 9.47 Å². The molecule has 0 saturated heterocycles. The Balaban J connectivity index is 1.83. The van der Waals surface area contributed by atoms with E-state index in [9.17, 15) is 14.9 Å². The molecule has 1 aromatic heterocycles. The molecule has 0 aliphatic carbocycles. The number of ether oxygens (including phenoxy) is 2. The first-order valence-electron chi connectivity index (χ1n) is 9.27. The summed E-state index contributed by atoms with van der Waals surface area (Å²) in [4.78, 5) is 29.1. The summed E-state index contributed by atoms with van der Waals surface area (Å²) in [5, 5.41) is 15.6. The first-order valence-corrected chi connectivity index (χ1v) is 9.27. The molecule has 0 radical (unpaired) electrons. The molecule has 3 aromatic rings. The van der Waals surface area contributed by atoms with Crippen molar-refractivity contribution in [2.45, 2.75) is 20.5 Å². The lowest BCUT2D eigenvalue weighted by Crippen LogP contribution is -2.10. The Morgan fingerprint density at radius 2 is 1.97 bits per heavy atom. The fraction of sp³-hybridized carbons (Fsp3) is 0.190. The van der Waals surface area contributed by atoms with Crippen LogP contribution in [-0.4, -0.2) is 28.2 Å². The highest BCUT2D eigenvalue weighted by Gasteiger charge is 2.22. The van der Waals surface area contributed by atoms with Crippen LogP contribution in [0.3, 0.4) is 0 Å². The van der Waals surface area contributed by atoms with Gasteiger partial charge in [-0.05, 0) is 25.5 Å². The third-order valence-electron chi connectivity index (χ3n) is 4.23. The minimum atomic E-state index is -0.544.